The Bertz CT molecular complexity index is 1140. The lowest BCUT2D eigenvalue weighted by molar-refractivity contribution is -0.385. The molecule has 0 radical (unpaired) electrons. The van der Waals surface area contributed by atoms with Crippen molar-refractivity contribution in [2.45, 2.75) is 13.8 Å². The maximum Gasteiger partial charge on any atom is 0.341 e. The molecule has 1 heterocycles. The number of methoxy groups -OCH3 is 1. The van der Waals surface area contributed by atoms with E-state index in [2.05, 4.69) is 5.32 Å². The lowest BCUT2D eigenvalue weighted by Gasteiger charge is -2.09. The molecule has 1 amide bonds. The molecule has 160 valence electrons. The number of anilines is 1. The fraction of sp³-hybridized carbons (Fsp3) is 0.182. The monoisotopic (exact) mass is 440 g/mol. The van der Waals surface area contributed by atoms with Crippen molar-refractivity contribution >= 4 is 33.9 Å². The van der Waals surface area contributed by atoms with E-state index in [0.717, 1.165) is 10.4 Å². The van der Waals surface area contributed by atoms with Crippen LogP contribution in [0, 0.1) is 17.0 Å². The molecule has 1 N–H and O–H groups in total. The van der Waals surface area contributed by atoms with Crippen molar-refractivity contribution in [3.63, 3.8) is 0 Å². The molecule has 1 aromatic heterocycles. The summed E-state index contributed by atoms with van der Waals surface area (Å²) >= 11 is 1.20. The fourth-order valence-corrected chi connectivity index (χ4v) is 4.22. The van der Waals surface area contributed by atoms with E-state index in [1.165, 1.54) is 42.7 Å². The summed E-state index contributed by atoms with van der Waals surface area (Å²) < 4.78 is 10.4. The number of hydrogen-bond acceptors (Lipinski definition) is 7. The van der Waals surface area contributed by atoms with Crippen LogP contribution in [0.2, 0.25) is 0 Å². The average Bonchev–Trinajstić information content (AvgIpc) is 3.09. The molecule has 0 aliphatic carbocycles. The van der Waals surface area contributed by atoms with Crippen LogP contribution in [0.3, 0.4) is 0 Å². The second-order valence-corrected chi connectivity index (χ2v) is 7.64. The third kappa shape index (κ3) is 4.56. The fourth-order valence-electron chi connectivity index (χ4n) is 3.16. The quantitative estimate of drug-likeness (QED) is 0.312. The molecule has 8 nitrogen and oxygen atoms in total. The minimum absolute atomic E-state index is 0.100. The highest BCUT2D eigenvalue weighted by Gasteiger charge is 2.27. The minimum atomic E-state index is -0.683. The summed E-state index contributed by atoms with van der Waals surface area (Å²) in [5.74, 6) is -0.605. The number of aryl methyl sites for hydroxylation is 1. The SMILES string of the molecule is CCOc1ccc(-c2c(C)sc(NC(=O)c3ccccc3[N+](=O)[O-])c2C(=O)OC)cc1. The van der Waals surface area contributed by atoms with E-state index in [-0.39, 0.29) is 21.8 Å². The lowest BCUT2D eigenvalue weighted by Crippen LogP contribution is -2.15. The third-order valence-electron chi connectivity index (χ3n) is 4.50. The van der Waals surface area contributed by atoms with Gasteiger partial charge in [-0.2, -0.15) is 0 Å². The van der Waals surface area contributed by atoms with Gasteiger partial charge in [0.2, 0.25) is 0 Å². The molecule has 3 aromatic rings. The molecule has 31 heavy (non-hydrogen) atoms. The van der Waals surface area contributed by atoms with Crippen molar-refractivity contribution in [3.8, 4) is 16.9 Å². The zero-order valence-electron chi connectivity index (χ0n) is 17.1. The van der Waals surface area contributed by atoms with Gasteiger partial charge in [-0.25, -0.2) is 4.79 Å². The van der Waals surface area contributed by atoms with Gasteiger partial charge in [0.1, 0.15) is 21.9 Å². The number of benzene rings is 2. The Morgan fingerprint density at radius 3 is 2.42 bits per heavy atom. The van der Waals surface area contributed by atoms with Crippen LogP contribution in [-0.4, -0.2) is 30.5 Å². The molecule has 0 fully saturated rings. The molecule has 0 atom stereocenters. The molecule has 0 saturated carbocycles. The Balaban J connectivity index is 2.04. The number of nitro benzene ring substituents is 1. The lowest BCUT2D eigenvalue weighted by atomic mass is 10.0. The highest BCUT2D eigenvalue weighted by molar-refractivity contribution is 7.17. The van der Waals surface area contributed by atoms with Gasteiger partial charge in [0.25, 0.3) is 11.6 Å². The van der Waals surface area contributed by atoms with Crippen LogP contribution in [0.5, 0.6) is 5.75 Å². The Labute approximate surface area is 182 Å². The number of rotatable bonds is 7. The molecule has 0 bridgehead atoms. The summed E-state index contributed by atoms with van der Waals surface area (Å²) in [5, 5.41) is 14.2. The van der Waals surface area contributed by atoms with Crippen molar-refractivity contribution in [2.75, 3.05) is 19.0 Å². The van der Waals surface area contributed by atoms with Gasteiger partial charge < -0.3 is 14.8 Å². The van der Waals surface area contributed by atoms with Crippen LogP contribution in [0.25, 0.3) is 11.1 Å². The Morgan fingerprint density at radius 2 is 1.81 bits per heavy atom. The van der Waals surface area contributed by atoms with E-state index in [1.54, 1.807) is 12.1 Å². The number of amides is 1. The van der Waals surface area contributed by atoms with Gasteiger partial charge in [0.15, 0.2) is 0 Å². The number of nitrogens with zero attached hydrogens (tertiary/aromatic N) is 1. The number of carbonyl (C=O) groups is 2. The van der Waals surface area contributed by atoms with Crippen LogP contribution in [0.4, 0.5) is 10.7 Å². The predicted octanol–water partition coefficient (Wildman–Crippen LogP) is 5.07. The molecule has 0 spiro atoms. The number of nitrogens with one attached hydrogen (secondary N) is 1. The second kappa shape index (κ2) is 9.40. The number of hydrogen-bond donors (Lipinski definition) is 1. The normalized spacial score (nSPS) is 10.4. The number of esters is 1. The minimum Gasteiger partial charge on any atom is -0.494 e. The van der Waals surface area contributed by atoms with Gasteiger partial charge in [0.05, 0.1) is 18.6 Å². The number of para-hydroxylation sites is 1. The molecule has 0 aliphatic heterocycles. The van der Waals surface area contributed by atoms with Crippen molar-refractivity contribution in [1.82, 2.24) is 0 Å². The van der Waals surface area contributed by atoms with Crippen LogP contribution in [0.15, 0.2) is 48.5 Å². The van der Waals surface area contributed by atoms with E-state index in [4.69, 9.17) is 9.47 Å². The number of ether oxygens (including phenoxy) is 2. The molecule has 0 unspecified atom stereocenters. The summed E-state index contributed by atoms with van der Waals surface area (Å²) in [6.07, 6.45) is 0. The van der Waals surface area contributed by atoms with Crippen LogP contribution >= 0.6 is 11.3 Å². The van der Waals surface area contributed by atoms with Gasteiger partial charge in [-0.3, -0.25) is 14.9 Å². The summed E-state index contributed by atoms with van der Waals surface area (Å²) in [5.41, 5.74) is 1.15. The van der Waals surface area contributed by atoms with Crippen molar-refractivity contribution < 1.29 is 24.0 Å². The zero-order chi connectivity index (χ0) is 22.5. The maximum atomic E-state index is 12.8. The van der Waals surface area contributed by atoms with Crippen LogP contribution in [-0.2, 0) is 4.74 Å². The van der Waals surface area contributed by atoms with Crippen molar-refractivity contribution in [1.29, 1.82) is 0 Å². The van der Waals surface area contributed by atoms with Gasteiger partial charge in [-0.05, 0) is 37.6 Å². The number of nitro groups is 1. The number of thiophene rings is 1. The summed E-state index contributed by atoms with van der Waals surface area (Å²) in [4.78, 5) is 36.8. The molecule has 0 saturated heterocycles. The standard InChI is InChI=1S/C22H20N2O6S/c1-4-30-15-11-9-14(10-12-15)18-13(2)31-21(19(18)22(26)29-3)23-20(25)16-7-5-6-8-17(16)24(27)28/h5-12H,4H2,1-3H3,(H,23,25). The first kappa shape index (κ1) is 22.0. The third-order valence-corrected chi connectivity index (χ3v) is 5.52. The zero-order valence-corrected chi connectivity index (χ0v) is 17.9. The predicted molar refractivity (Wildman–Crippen MR) is 118 cm³/mol. The molecule has 0 aliphatic rings. The van der Waals surface area contributed by atoms with E-state index < -0.39 is 16.8 Å². The van der Waals surface area contributed by atoms with Gasteiger partial charge in [-0.1, -0.05) is 24.3 Å². The first-order chi connectivity index (χ1) is 14.9. The van der Waals surface area contributed by atoms with E-state index in [1.807, 2.05) is 26.0 Å². The topological polar surface area (TPSA) is 108 Å². The van der Waals surface area contributed by atoms with Crippen LogP contribution < -0.4 is 10.1 Å². The summed E-state index contributed by atoms with van der Waals surface area (Å²) in [6.45, 7) is 4.24. The first-order valence-electron chi connectivity index (χ1n) is 9.37. The van der Waals surface area contributed by atoms with Crippen molar-refractivity contribution in [3.05, 3.63) is 74.6 Å². The smallest absolute Gasteiger partial charge is 0.341 e. The molecular formula is C22H20N2O6S. The van der Waals surface area contributed by atoms with Crippen LogP contribution in [0.1, 0.15) is 32.5 Å². The van der Waals surface area contributed by atoms with Crippen molar-refractivity contribution in [2.24, 2.45) is 0 Å². The van der Waals surface area contributed by atoms with Gasteiger partial charge in [0, 0.05) is 16.5 Å². The molecular weight excluding hydrogens is 420 g/mol. The van der Waals surface area contributed by atoms with E-state index >= 15 is 0 Å². The second-order valence-electron chi connectivity index (χ2n) is 6.41. The average molecular weight is 440 g/mol. The molecule has 3 rings (SSSR count). The Hall–Kier alpha value is -3.72. The first-order valence-corrected chi connectivity index (χ1v) is 10.2. The number of carbonyl (C=O) groups excluding carboxylic acids is 2. The van der Waals surface area contributed by atoms with Gasteiger partial charge in [-0.15, -0.1) is 11.3 Å². The largest absolute Gasteiger partial charge is 0.494 e. The van der Waals surface area contributed by atoms with E-state index in [0.29, 0.717) is 17.9 Å². The maximum absolute atomic E-state index is 12.8. The highest BCUT2D eigenvalue weighted by Crippen LogP contribution is 2.41. The summed E-state index contributed by atoms with van der Waals surface area (Å²) in [6, 6.07) is 12.9. The highest BCUT2D eigenvalue weighted by atomic mass is 32.1. The van der Waals surface area contributed by atoms with E-state index in [9.17, 15) is 19.7 Å². The Kier molecular flexibility index (Phi) is 6.66. The molecule has 2 aromatic carbocycles. The summed E-state index contributed by atoms with van der Waals surface area (Å²) in [7, 11) is 1.25. The molecule has 9 heteroatoms. The van der Waals surface area contributed by atoms with Gasteiger partial charge >= 0.3 is 5.97 Å². The Morgan fingerprint density at radius 1 is 1.13 bits per heavy atom.